The zero-order valence-corrected chi connectivity index (χ0v) is 24.3. The molecular weight excluding hydrogens is 555 g/mol. The molecule has 0 saturated carbocycles. The van der Waals surface area contributed by atoms with Gasteiger partial charge in [-0.25, -0.2) is 13.8 Å². The van der Waals surface area contributed by atoms with Crippen molar-refractivity contribution in [3.05, 3.63) is 111 Å². The van der Waals surface area contributed by atoms with Gasteiger partial charge in [-0.1, -0.05) is 53.5 Å². The first-order chi connectivity index (χ1) is 18.5. The monoisotopic (exact) mass is 582 g/mol. The molecule has 4 rings (SSSR count). The Morgan fingerprint density at radius 3 is 2.28 bits per heavy atom. The van der Waals surface area contributed by atoms with Crippen LogP contribution in [0.25, 0.3) is 5.69 Å². The third kappa shape index (κ3) is 6.19. The SMILES string of the molecule is Cc1cc(C)cc(-n2c(C)cc(/C=N\NC(=O)CN(c3cccc(Cl)c3Cl)S(=O)(=O)c3ccccc3)c2C)c1. The van der Waals surface area contributed by atoms with Gasteiger partial charge in [0, 0.05) is 22.6 Å². The Kier molecular flexibility index (Phi) is 8.49. The van der Waals surface area contributed by atoms with Crippen LogP contribution in [0.4, 0.5) is 5.69 Å². The molecule has 0 saturated heterocycles. The Morgan fingerprint density at radius 1 is 0.949 bits per heavy atom. The quantitative estimate of drug-likeness (QED) is 0.194. The zero-order valence-electron chi connectivity index (χ0n) is 21.9. The number of amides is 1. The van der Waals surface area contributed by atoms with E-state index in [9.17, 15) is 13.2 Å². The van der Waals surface area contributed by atoms with Gasteiger partial charge in [-0.2, -0.15) is 5.10 Å². The number of nitrogens with one attached hydrogen (secondary N) is 1. The van der Waals surface area contributed by atoms with E-state index >= 15 is 0 Å². The predicted molar refractivity (Wildman–Crippen MR) is 158 cm³/mol. The summed E-state index contributed by atoms with van der Waals surface area (Å²) in [5, 5.41) is 4.30. The molecule has 0 fully saturated rings. The van der Waals surface area contributed by atoms with Crippen LogP contribution in [0.3, 0.4) is 0 Å². The topological polar surface area (TPSA) is 83.8 Å². The van der Waals surface area contributed by atoms with Crippen molar-refractivity contribution < 1.29 is 13.2 Å². The molecule has 3 aromatic carbocycles. The lowest BCUT2D eigenvalue weighted by molar-refractivity contribution is -0.119. The molecule has 0 radical (unpaired) electrons. The molecule has 202 valence electrons. The summed E-state index contributed by atoms with van der Waals surface area (Å²) >= 11 is 12.5. The van der Waals surface area contributed by atoms with Crippen LogP contribution >= 0.6 is 23.2 Å². The molecule has 0 spiro atoms. The van der Waals surface area contributed by atoms with Crippen molar-refractivity contribution in [2.75, 3.05) is 10.8 Å². The molecule has 7 nitrogen and oxygen atoms in total. The summed E-state index contributed by atoms with van der Waals surface area (Å²) in [6.07, 6.45) is 1.54. The van der Waals surface area contributed by atoms with Crippen LogP contribution in [0.15, 0.2) is 82.8 Å². The molecule has 4 aromatic rings. The largest absolute Gasteiger partial charge is 0.318 e. The fourth-order valence-corrected chi connectivity index (χ4v) is 6.34. The Bertz CT molecular complexity index is 1650. The van der Waals surface area contributed by atoms with Gasteiger partial charge in [0.25, 0.3) is 15.9 Å². The van der Waals surface area contributed by atoms with Crippen LogP contribution in [0, 0.1) is 27.7 Å². The molecule has 1 N–H and O–H groups in total. The second-order valence-electron chi connectivity index (χ2n) is 9.20. The van der Waals surface area contributed by atoms with Crippen LogP contribution in [-0.2, 0) is 14.8 Å². The van der Waals surface area contributed by atoms with Gasteiger partial charge in [0.1, 0.15) is 6.54 Å². The number of carbonyl (C=O) groups is 1. The Hall–Kier alpha value is -3.59. The van der Waals surface area contributed by atoms with Gasteiger partial charge in [-0.15, -0.1) is 0 Å². The van der Waals surface area contributed by atoms with Gasteiger partial charge in [0.05, 0.1) is 26.8 Å². The molecule has 0 aliphatic carbocycles. The Morgan fingerprint density at radius 2 is 1.62 bits per heavy atom. The van der Waals surface area contributed by atoms with E-state index in [0.29, 0.717) is 0 Å². The number of hydrazone groups is 1. The fourth-order valence-electron chi connectivity index (χ4n) is 4.44. The number of carbonyl (C=O) groups excluding carboxylic acids is 1. The molecule has 1 amide bonds. The van der Waals surface area contributed by atoms with Gasteiger partial charge in [0.2, 0.25) is 0 Å². The van der Waals surface area contributed by atoms with Crippen molar-refractivity contribution in [3.63, 3.8) is 0 Å². The van der Waals surface area contributed by atoms with Crippen molar-refractivity contribution in [1.82, 2.24) is 9.99 Å². The van der Waals surface area contributed by atoms with Crippen LogP contribution in [0.5, 0.6) is 0 Å². The molecule has 1 heterocycles. The average molecular weight is 584 g/mol. The number of halogens is 2. The highest BCUT2D eigenvalue weighted by atomic mass is 35.5. The van der Waals surface area contributed by atoms with Crippen molar-refractivity contribution in [3.8, 4) is 5.69 Å². The second-order valence-corrected chi connectivity index (χ2v) is 11.8. The first kappa shape index (κ1) is 28.4. The molecular formula is C29H28Cl2N4O3S. The number of aryl methyl sites for hydroxylation is 3. The van der Waals surface area contributed by atoms with E-state index in [1.807, 2.05) is 19.9 Å². The van der Waals surface area contributed by atoms with E-state index < -0.39 is 22.5 Å². The predicted octanol–water partition coefficient (Wildman–Crippen LogP) is 6.36. The van der Waals surface area contributed by atoms with Crippen LogP contribution in [-0.4, -0.2) is 31.7 Å². The maximum atomic E-state index is 13.5. The highest BCUT2D eigenvalue weighted by Crippen LogP contribution is 2.35. The number of hydrogen-bond acceptors (Lipinski definition) is 4. The molecule has 0 aliphatic rings. The fraction of sp³-hybridized carbons (Fsp3) is 0.172. The minimum atomic E-state index is -4.14. The summed E-state index contributed by atoms with van der Waals surface area (Å²) in [7, 11) is -4.14. The van der Waals surface area contributed by atoms with Crippen molar-refractivity contribution in [1.29, 1.82) is 0 Å². The molecule has 0 bridgehead atoms. The molecule has 0 atom stereocenters. The number of benzene rings is 3. The maximum Gasteiger partial charge on any atom is 0.264 e. The highest BCUT2D eigenvalue weighted by Gasteiger charge is 2.29. The summed E-state index contributed by atoms with van der Waals surface area (Å²) in [6.45, 7) is 7.53. The molecule has 10 heteroatoms. The van der Waals surface area contributed by atoms with E-state index in [-0.39, 0.29) is 20.6 Å². The summed E-state index contributed by atoms with van der Waals surface area (Å²) in [5.41, 5.74) is 8.69. The minimum absolute atomic E-state index is 0.0103. The number of aromatic nitrogens is 1. The number of anilines is 1. The average Bonchev–Trinajstić information content (AvgIpc) is 3.17. The lowest BCUT2D eigenvalue weighted by atomic mass is 10.1. The molecule has 1 aromatic heterocycles. The summed E-state index contributed by atoms with van der Waals surface area (Å²) < 4.78 is 30.0. The first-order valence-corrected chi connectivity index (χ1v) is 14.3. The van der Waals surface area contributed by atoms with Crippen LogP contribution < -0.4 is 9.73 Å². The summed E-state index contributed by atoms with van der Waals surface area (Å²) in [6, 6.07) is 20.7. The third-order valence-corrected chi connectivity index (χ3v) is 8.73. The molecule has 0 aliphatic heterocycles. The van der Waals surface area contributed by atoms with E-state index in [4.69, 9.17) is 23.2 Å². The van der Waals surface area contributed by atoms with Crippen molar-refractivity contribution in [2.45, 2.75) is 32.6 Å². The van der Waals surface area contributed by atoms with E-state index in [2.05, 4.69) is 47.1 Å². The van der Waals surface area contributed by atoms with E-state index in [1.54, 1.807) is 36.5 Å². The van der Waals surface area contributed by atoms with Crippen LogP contribution in [0.2, 0.25) is 10.0 Å². The minimum Gasteiger partial charge on any atom is -0.318 e. The molecule has 0 unspecified atom stereocenters. The molecule has 39 heavy (non-hydrogen) atoms. The third-order valence-electron chi connectivity index (χ3n) is 6.15. The van der Waals surface area contributed by atoms with Crippen molar-refractivity contribution in [2.24, 2.45) is 5.10 Å². The smallest absolute Gasteiger partial charge is 0.264 e. The highest BCUT2D eigenvalue weighted by molar-refractivity contribution is 7.92. The Labute approximate surface area is 238 Å². The lowest BCUT2D eigenvalue weighted by Gasteiger charge is -2.24. The zero-order chi connectivity index (χ0) is 28.3. The standard InChI is InChI=1S/C29H28Cl2N4O3S/c1-19-13-20(2)15-24(14-19)35-21(3)16-23(22(35)4)17-32-33-28(36)18-34(27-12-8-11-26(30)29(27)31)39(37,38)25-9-6-5-7-10-25/h5-17H,18H2,1-4H3,(H,33,36)/b32-17-. The normalized spacial score (nSPS) is 11.6. The van der Waals surface area contributed by atoms with Gasteiger partial charge in [0.15, 0.2) is 0 Å². The van der Waals surface area contributed by atoms with Crippen LogP contribution in [0.1, 0.15) is 28.1 Å². The Balaban J connectivity index is 1.58. The lowest BCUT2D eigenvalue weighted by Crippen LogP contribution is -2.39. The van der Waals surface area contributed by atoms with E-state index in [1.165, 1.54) is 18.2 Å². The van der Waals surface area contributed by atoms with Gasteiger partial charge in [-0.3, -0.25) is 9.10 Å². The van der Waals surface area contributed by atoms with Crippen molar-refractivity contribution >= 4 is 51.0 Å². The number of rotatable bonds is 8. The maximum absolute atomic E-state index is 13.5. The van der Waals surface area contributed by atoms with E-state index in [0.717, 1.165) is 38.1 Å². The number of hydrogen-bond donors (Lipinski definition) is 1. The number of nitrogens with zero attached hydrogens (tertiary/aromatic N) is 3. The first-order valence-electron chi connectivity index (χ1n) is 12.1. The van der Waals surface area contributed by atoms with Gasteiger partial charge in [-0.05, 0) is 81.3 Å². The van der Waals surface area contributed by atoms with Gasteiger partial charge < -0.3 is 4.57 Å². The second kappa shape index (κ2) is 11.7. The van der Waals surface area contributed by atoms with Gasteiger partial charge >= 0.3 is 0 Å². The summed E-state index contributed by atoms with van der Waals surface area (Å²) in [5.74, 6) is -0.648. The summed E-state index contributed by atoms with van der Waals surface area (Å²) in [4.78, 5) is 12.9. The number of sulfonamides is 1.